The number of pyridine rings is 2. The van der Waals surface area contributed by atoms with Gasteiger partial charge in [0, 0.05) is 45.0 Å². The van der Waals surface area contributed by atoms with E-state index in [-0.39, 0.29) is 34.6 Å². The fraction of sp³-hybridized carbons (Fsp3) is 0.294. The Balaban J connectivity index is 0.000000208. The normalized spacial score (nSPS) is 12.3. The fourth-order valence-corrected chi connectivity index (χ4v) is 7.25. The number of nitrogens with zero attached hydrogens (tertiary/aromatic N) is 6. The van der Waals surface area contributed by atoms with Crippen LogP contribution in [0.25, 0.3) is 22.1 Å². The third-order valence-electron chi connectivity index (χ3n) is 7.57. The van der Waals surface area contributed by atoms with Crippen LogP contribution in [0.3, 0.4) is 0 Å². The van der Waals surface area contributed by atoms with Crippen molar-refractivity contribution in [2.45, 2.75) is 63.4 Å². The fourth-order valence-electron chi connectivity index (χ4n) is 5.11. The Bertz CT molecular complexity index is 1960. The van der Waals surface area contributed by atoms with E-state index in [4.69, 9.17) is 9.47 Å². The second-order valence-corrected chi connectivity index (χ2v) is 13.8. The zero-order valence-corrected chi connectivity index (χ0v) is 30.9. The number of fused-ring (bicyclic) bond motifs is 2. The molecule has 4 heterocycles. The van der Waals surface area contributed by atoms with Gasteiger partial charge in [-0.3, -0.25) is 18.4 Å². The van der Waals surface area contributed by atoms with Crippen molar-refractivity contribution in [1.82, 2.24) is 29.9 Å². The van der Waals surface area contributed by atoms with Crippen molar-refractivity contribution in [2.75, 3.05) is 14.2 Å². The Morgan fingerprint density at radius 3 is 1.38 bits per heavy atom. The van der Waals surface area contributed by atoms with Gasteiger partial charge < -0.3 is 29.4 Å². The van der Waals surface area contributed by atoms with E-state index >= 15 is 0 Å². The monoisotopic (exact) mass is 680 g/mol. The summed E-state index contributed by atoms with van der Waals surface area (Å²) in [4.78, 5) is 26.3. The van der Waals surface area contributed by atoms with Crippen LogP contribution in [-0.2, 0) is 33.1 Å². The summed E-state index contributed by atoms with van der Waals surface area (Å²) in [6.45, 7) is 11.7. The van der Waals surface area contributed by atoms with Crippen molar-refractivity contribution < 1.29 is 17.9 Å². The molecule has 2 aromatic carbocycles. The Morgan fingerprint density at radius 2 is 1.02 bits per heavy atom. The zero-order chi connectivity index (χ0) is 33.1. The molecule has 0 radical (unpaired) electrons. The molecule has 0 unspecified atom stereocenters. The molecular formula is C34H36MgN6O4S2. The summed E-state index contributed by atoms with van der Waals surface area (Å²) < 4.78 is 36.0. The van der Waals surface area contributed by atoms with E-state index in [2.05, 4.69) is 29.9 Å². The summed E-state index contributed by atoms with van der Waals surface area (Å²) >= 11 is 0. The molecule has 0 N–H and O–H groups in total. The maximum Gasteiger partial charge on any atom is 2.00 e. The molecule has 0 aliphatic heterocycles. The Kier molecular flexibility index (Phi) is 11.9. The number of benzene rings is 2. The van der Waals surface area contributed by atoms with Crippen LogP contribution in [0.5, 0.6) is 11.5 Å². The van der Waals surface area contributed by atoms with Crippen molar-refractivity contribution in [3.63, 3.8) is 0 Å². The van der Waals surface area contributed by atoms with Gasteiger partial charge in [-0.15, -0.1) is 0 Å². The van der Waals surface area contributed by atoms with Crippen molar-refractivity contribution in [2.24, 2.45) is 0 Å². The van der Waals surface area contributed by atoms with Gasteiger partial charge in [0.1, 0.15) is 11.5 Å². The summed E-state index contributed by atoms with van der Waals surface area (Å²) in [6, 6.07) is 11.6. The summed E-state index contributed by atoms with van der Waals surface area (Å²) in [5, 5.41) is 0.706. The average molecular weight is 681 g/mol. The molecule has 0 amide bonds. The van der Waals surface area contributed by atoms with Crippen LogP contribution in [0.15, 0.2) is 59.1 Å². The number of methoxy groups -OCH3 is 2. The van der Waals surface area contributed by atoms with Crippen LogP contribution < -0.4 is 19.4 Å². The van der Waals surface area contributed by atoms with Gasteiger partial charge in [-0.2, -0.15) is 0 Å². The molecule has 6 rings (SSSR count). The molecule has 13 heteroatoms. The van der Waals surface area contributed by atoms with Gasteiger partial charge in [-0.25, -0.2) is 0 Å². The molecule has 0 bridgehead atoms. The maximum atomic E-state index is 12.6. The molecule has 0 saturated heterocycles. The van der Waals surface area contributed by atoms with E-state index in [9.17, 15) is 8.42 Å². The molecule has 0 fully saturated rings. The number of ether oxygens (including phenoxy) is 2. The summed E-state index contributed by atoms with van der Waals surface area (Å²) in [5.74, 6) is 2.13. The number of aromatic nitrogens is 6. The second kappa shape index (κ2) is 15.5. The molecule has 0 aliphatic rings. The third-order valence-corrected chi connectivity index (χ3v) is 9.82. The van der Waals surface area contributed by atoms with E-state index in [1.54, 1.807) is 26.6 Å². The Morgan fingerprint density at radius 1 is 0.638 bits per heavy atom. The molecule has 4 aromatic heterocycles. The van der Waals surface area contributed by atoms with Crippen LogP contribution in [-0.4, -0.2) is 65.6 Å². The maximum absolute atomic E-state index is 12.6. The van der Waals surface area contributed by atoms with Crippen molar-refractivity contribution in [1.29, 1.82) is 0 Å². The molecular weight excluding hydrogens is 645 g/mol. The van der Waals surface area contributed by atoms with Gasteiger partial charge >= 0.3 is 23.1 Å². The molecule has 0 spiro atoms. The quantitative estimate of drug-likeness (QED) is 0.196. The average Bonchev–Trinajstić information content (AvgIpc) is 3.65. The van der Waals surface area contributed by atoms with Crippen molar-refractivity contribution in [3.05, 3.63) is 93.6 Å². The zero-order valence-electron chi connectivity index (χ0n) is 27.9. The predicted octanol–water partition coefficient (Wildman–Crippen LogP) is 5.28. The van der Waals surface area contributed by atoms with Crippen LogP contribution in [0.4, 0.5) is 0 Å². The molecule has 47 heavy (non-hydrogen) atoms. The number of hydrogen-bond donors (Lipinski definition) is 0. The van der Waals surface area contributed by atoms with E-state index in [0.717, 1.165) is 78.3 Å². The SMILES string of the molecule is COc1c(C)cnc(C[S@@](=O)c2nc3cc(C)ccc3[n-]2)c1C.COc1c(C)cnc(C[S@@](=O)c2nc3cc(C)ccc3[n-]2)c1C.[Mg+2]. The van der Waals surface area contributed by atoms with Crippen molar-refractivity contribution in [3.8, 4) is 11.5 Å². The molecule has 2 atom stereocenters. The first-order valence-electron chi connectivity index (χ1n) is 14.6. The van der Waals surface area contributed by atoms with Gasteiger partial charge in [-0.1, -0.05) is 47.5 Å². The minimum Gasteiger partial charge on any atom is -0.496 e. The van der Waals surface area contributed by atoms with Gasteiger partial charge in [0.05, 0.1) is 58.7 Å². The van der Waals surface area contributed by atoms with E-state index in [1.807, 2.05) is 77.9 Å². The van der Waals surface area contributed by atoms with E-state index < -0.39 is 21.6 Å². The molecule has 0 saturated carbocycles. The van der Waals surface area contributed by atoms with Crippen LogP contribution >= 0.6 is 0 Å². The van der Waals surface area contributed by atoms with E-state index in [1.165, 1.54) is 0 Å². The molecule has 240 valence electrons. The number of aryl methyl sites for hydroxylation is 4. The Hall–Kier alpha value is -3.65. The smallest absolute Gasteiger partial charge is 0.496 e. The standard InChI is InChI=1S/2C17H18N3O2S.Mg/c2*1-10-5-6-13-14(7-10)20-17(19-13)23(21)9-15-12(3)16(22-4)11(2)8-18-15;/h2*5-8H,9H2,1-4H3;/q2*-1;+2/t2*23-;/m11./s1. The summed E-state index contributed by atoms with van der Waals surface area (Å²) in [5.41, 5.74) is 10.5. The van der Waals surface area contributed by atoms with Gasteiger partial charge in [0.15, 0.2) is 0 Å². The largest absolute Gasteiger partial charge is 2.00 e. The first-order valence-corrected chi connectivity index (χ1v) is 17.2. The first-order chi connectivity index (χ1) is 22.0. The second-order valence-electron chi connectivity index (χ2n) is 11.1. The predicted molar refractivity (Wildman–Crippen MR) is 186 cm³/mol. The van der Waals surface area contributed by atoms with Crippen LogP contribution in [0.2, 0.25) is 0 Å². The molecule has 10 nitrogen and oxygen atoms in total. The first kappa shape index (κ1) is 36.2. The Labute approximate surface area is 295 Å². The number of imidazole rings is 2. The molecule has 6 aromatic rings. The van der Waals surface area contributed by atoms with Gasteiger partial charge in [-0.05, 0) is 63.6 Å². The number of rotatable bonds is 8. The minimum atomic E-state index is -1.34. The summed E-state index contributed by atoms with van der Waals surface area (Å²) in [7, 11) is 0.579. The minimum absolute atomic E-state index is 0. The van der Waals surface area contributed by atoms with E-state index in [0.29, 0.717) is 10.3 Å². The van der Waals surface area contributed by atoms with Gasteiger partial charge in [0.2, 0.25) is 0 Å². The number of hydrogen-bond acceptors (Lipinski definition) is 8. The molecule has 0 aliphatic carbocycles. The van der Waals surface area contributed by atoms with Crippen LogP contribution in [0.1, 0.15) is 44.8 Å². The van der Waals surface area contributed by atoms with Crippen molar-refractivity contribution >= 4 is 66.7 Å². The van der Waals surface area contributed by atoms with Gasteiger partial charge in [0.25, 0.3) is 0 Å². The third kappa shape index (κ3) is 8.08. The topological polar surface area (TPSA) is 132 Å². The summed E-state index contributed by atoms with van der Waals surface area (Å²) in [6.07, 6.45) is 3.48. The van der Waals surface area contributed by atoms with Crippen LogP contribution in [0, 0.1) is 41.5 Å².